The number of ether oxygens (including phenoxy) is 2. The first-order valence-electron chi connectivity index (χ1n) is 6.95. The van der Waals surface area contributed by atoms with Gasteiger partial charge in [-0.05, 0) is 31.4 Å². The van der Waals surface area contributed by atoms with Gasteiger partial charge >= 0.3 is 0 Å². The van der Waals surface area contributed by atoms with Crippen LogP contribution in [-0.4, -0.2) is 44.2 Å². The number of halogens is 1. The van der Waals surface area contributed by atoms with Crippen molar-refractivity contribution in [1.29, 1.82) is 0 Å². The lowest BCUT2D eigenvalue weighted by atomic mass is 10.0. The SMILES string of the molecule is COc1cccc(C(=O)N2CCCCC2CN)c1OC.Cl. The smallest absolute Gasteiger partial charge is 0.258 e. The van der Waals surface area contributed by atoms with E-state index in [-0.39, 0.29) is 24.4 Å². The first kappa shape index (κ1) is 17.6. The normalized spacial score (nSPS) is 17.9. The monoisotopic (exact) mass is 314 g/mol. The highest BCUT2D eigenvalue weighted by atomic mass is 35.5. The van der Waals surface area contributed by atoms with E-state index in [0.29, 0.717) is 23.6 Å². The van der Waals surface area contributed by atoms with Crippen LogP contribution >= 0.6 is 12.4 Å². The Kier molecular flexibility index (Phi) is 6.78. The van der Waals surface area contributed by atoms with Gasteiger partial charge in [0, 0.05) is 19.1 Å². The molecule has 5 nitrogen and oxygen atoms in total. The minimum Gasteiger partial charge on any atom is -0.493 e. The van der Waals surface area contributed by atoms with Crippen LogP contribution in [0.15, 0.2) is 18.2 Å². The molecule has 6 heteroatoms. The number of nitrogens with two attached hydrogens (primary N) is 1. The molecule has 0 aromatic heterocycles. The Bertz CT molecular complexity index is 482. The second kappa shape index (κ2) is 8.10. The van der Waals surface area contributed by atoms with Crippen LogP contribution in [0, 0.1) is 0 Å². The number of hydrogen-bond donors (Lipinski definition) is 1. The molecule has 1 aliphatic rings. The van der Waals surface area contributed by atoms with Gasteiger partial charge in [0.1, 0.15) is 0 Å². The Balaban J connectivity index is 0.00000220. The van der Waals surface area contributed by atoms with Crippen molar-refractivity contribution < 1.29 is 14.3 Å². The molecule has 1 aromatic carbocycles. The summed E-state index contributed by atoms with van der Waals surface area (Å²) < 4.78 is 10.6. The highest BCUT2D eigenvalue weighted by Gasteiger charge is 2.28. The molecule has 21 heavy (non-hydrogen) atoms. The number of hydrogen-bond acceptors (Lipinski definition) is 4. The van der Waals surface area contributed by atoms with Crippen LogP contribution in [-0.2, 0) is 0 Å². The Labute approximate surface area is 131 Å². The number of piperidine rings is 1. The second-order valence-corrected chi connectivity index (χ2v) is 4.92. The van der Waals surface area contributed by atoms with E-state index < -0.39 is 0 Å². The first-order valence-corrected chi connectivity index (χ1v) is 6.95. The Morgan fingerprint density at radius 3 is 2.71 bits per heavy atom. The van der Waals surface area contributed by atoms with E-state index in [1.165, 1.54) is 0 Å². The van der Waals surface area contributed by atoms with Crippen molar-refractivity contribution in [3.63, 3.8) is 0 Å². The summed E-state index contributed by atoms with van der Waals surface area (Å²) in [5.41, 5.74) is 6.32. The van der Waals surface area contributed by atoms with E-state index >= 15 is 0 Å². The summed E-state index contributed by atoms with van der Waals surface area (Å²) in [6.07, 6.45) is 3.12. The number of carbonyl (C=O) groups is 1. The lowest BCUT2D eigenvalue weighted by Gasteiger charge is -2.35. The van der Waals surface area contributed by atoms with Gasteiger partial charge in [-0.15, -0.1) is 12.4 Å². The fourth-order valence-electron chi connectivity index (χ4n) is 2.72. The lowest BCUT2D eigenvalue weighted by molar-refractivity contribution is 0.0619. The number of rotatable bonds is 4. The van der Waals surface area contributed by atoms with E-state index in [4.69, 9.17) is 15.2 Å². The highest BCUT2D eigenvalue weighted by Crippen LogP contribution is 2.32. The maximum atomic E-state index is 12.8. The third-order valence-electron chi connectivity index (χ3n) is 3.79. The van der Waals surface area contributed by atoms with Crippen LogP contribution in [0.25, 0.3) is 0 Å². The number of carbonyl (C=O) groups excluding carboxylic acids is 1. The molecule has 0 saturated carbocycles. The fourth-order valence-corrected chi connectivity index (χ4v) is 2.72. The quantitative estimate of drug-likeness (QED) is 0.924. The van der Waals surface area contributed by atoms with Gasteiger partial charge in [-0.25, -0.2) is 0 Å². The first-order chi connectivity index (χ1) is 9.72. The van der Waals surface area contributed by atoms with Crippen molar-refractivity contribution in [2.24, 2.45) is 5.73 Å². The molecule has 0 bridgehead atoms. The maximum Gasteiger partial charge on any atom is 0.258 e. The number of benzene rings is 1. The van der Waals surface area contributed by atoms with Crippen LogP contribution in [0.2, 0.25) is 0 Å². The van der Waals surface area contributed by atoms with Crippen molar-refractivity contribution in [1.82, 2.24) is 4.90 Å². The van der Waals surface area contributed by atoms with E-state index in [2.05, 4.69) is 0 Å². The topological polar surface area (TPSA) is 64.8 Å². The molecule has 1 aliphatic heterocycles. The van der Waals surface area contributed by atoms with Crippen molar-refractivity contribution in [3.05, 3.63) is 23.8 Å². The minimum absolute atomic E-state index is 0. The van der Waals surface area contributed by atoms with Gasteiger partial charge in [0.05, 0.1) is 19.8 Å². The van der Waals surface area contributed by atoms with Crippen molar-refractivity contribution in [2.45, 2.75) is 25.3 Å². The van der Waals surface area contributed by atoms with Crippen LogP contribution in [0.3, 0.4) is 0 Å². The predicted molar refractivity (Wildman–Crippen MR) is 84.5 cm³/mol. The predicted octanol–water partition coefficient (Wildman–Crippen LogP) is 2.08. The maximum absolute atomic E-state index is 12.8. The summed E-state index contributed by atoms with van der Waals surface area (Å²) in [6, 6.07) is 5.47. The Morgan fingerprint density at radius 2 is 2.10 bits per heavy atom. The summed E-state index contributed by atoms with van der Waals surface area (Å²) in [5.74, 6) is 1.02. The Morgan fingerprint density at radius 1 is 1.33 bits per heavy atom. The molecule has 0 radical (unpaired) electrons. The summed E-state index contributed by atoms with van der Waals surface area (Å²) in [6.45, 7) is 1.25. The van der Waals surface area contributed by atoms with Crippen LogP contribution in [0.1, 0.15) is 29.6 Å². The second-order valence-electron chi connectivity index (χ2n) is 4.92. The van der Waals surface area contributed by atoms with Gasteiger partial charge in [0.25, 0.3) is 5.91 Å². The van der Waals surface area contributed by atoms with Crippen molar-refractivity contribution in [3.8, 4) is 11.5 Å². The van der Waals surface area contributed by atoms with Gasteiger partial charge in [-0.3, -0.25) is 4.79 Å². The molecule has 1 saturated heterocycles. The van der Waals surface area contributed by atoms with Crippen molar-refractivity contribution in [2.75, 3.05) is 27.3 Å². The van der Waals surface area contributed by atoms with E-state index in [1.807, 2.05) is 4.90 Å². The third kappa shape index (κ3) is 3.60. The van der Waals surface area contributed by atoms with Gasteiger partial charge in [-0.1, -0.05) is 6.07 Å². The summed E-state index contributed by atoms with van der Waals surface area (Å²) in [4.78, 5) is 14.6. The molecule has 118 valence electrons. The minimum atomic E-state index is -0.0316. The standard InChI is InChI=1S/C15H22N2O3.ClH/c1-19-13-8-5-7-12(14(13)20-2)15(18)17-9-4-3-6-11(17)10-16;/h5,7-8,11H,3-4,6,9-10,16H2,1-2H3;1H. The zero-order valence-electron chi connectivity index (χ0n) is 12.5. The van der Waals surface area contributed by atoms with Gasteiger partial charge in [0.2, 0.25) is 0 Å². The van der Waals surface area contributed by atoms with Crippen LogP contribution in [0.5, 0.6) is 11.5 Å². The molecule has 0 spiro atoms. The fraction of sp³-hybridized carbons (Fsp3) is 0.533. The van der Waals surface area contributed by atoms with E-state index in [9.17, 15) is 4.79 Å². The number of methoxy groups -OCH3 is 2. The molecule has 1 aromatic rings. The largest absolute Gasteiger partial charge is 0.493 e. The average molecular weight is 315 g/mol. The summed E-state index contributed by atoms with van der Waals surface area (Å²) >= 11 is 0. The molecule has 1 fully saturated rings. The summed E-state index contributed by atoms with van der Waals surface area (Å²) in [5, 5.41) is 0. The molecule has 1 amide bonds. The molecular formula is C15H23ClN2O3. The zero-order chi connectivity index (χ0) is 14.5. The number of nitrogens with zero attached hydrogens (tertiary/aromatic N) is 1. The van der Waals surface area contributed by atoms with Crippen molar-refractivity contribution >= 4 is 18.3 Å². The molecule has 2 N–H and O–H groups in total. The average Bonchev–Trinajstić information content (AvgIpc) is 2.53. The molecule has 2 rings (SSSR count). The van der Waals surface area contributed by atoms with E-state index in [1.54, 1.807) is 32.4 Å². The molecule has 0 aliphatic carbocycles. The number of para-hydroxylation sites is 1. The number of amides is 1. The van der Waals surface area contributed by atoms with Gasteiger partial charge in [0.15, 0.2) is 11.5 Å². The number of likely N-dealkylation sites (tertiary alicyclic amines) is 1. The van der Waals surface area contributed by atoms with Gasteiger partial charge < -0.3 is 20.1 Å². The highest BCUT2D eigenvalue weighted by molar-refractivity contribution is 5.98. The van der Waals surface area contributed by atoms with E-state index in [0.717, 1.165) is 25.8 Å². The summed E-state index contributed by atoms with van der Waals surface area (Å²) in [7, 11) is 3.11. The zero-order valence-corrected chi connectivity index (χ0v) is 13.3. The molecule has 1 unspecified atom stereocenters. The molecule has 1 atom stereocenters. The third-order valence-corrected chi connectivity index (χ3v) is 3.79. The molecular weight excluding hydrogens is 292 g/mol. The molecule has 1 heterocycles. The van der Waals surface area contributed by atoms with Crippen LogP contribution < -0.4 is 15.2 Å². The lowest BCUT2D eigenvalue weighted by Crippen LogP contribution is -2.47. The van der Waals surface area contributed by atoms with Gasteiger partial charge in [-0.2, -0.15) is 0 Å². The van der Waals surface area contributed by atoms with Crippen LogP contribution in [0.4, 0.5) is 0 Å². The Hall–Kier alpha value is -1.46.